The first kappa shape index (κ1) is 16.7. The van der Waals surface area contributed by atoms with Crippen molar-refractivity contribution < 1.29 is 0 Å². The molecule has 0 aliphatic heterocycles. The molecule has 0 aliphatic carbocycles. The molecule has 2 aromatic rings. The minimum Gasteiger partial charge on any atom is -0.306 e. The van der Waals surface area contributed by atoms with Crippen LogP contribution in [0.3, 0.4) is 0 Å². The monoisotopic (exact) mass is 479 g/mol. The molecule has 0 spiro atoms. The molecule has 0 fully saturated rings. The van der Waals surface area contributed by atoms with Crippen molar-refractivity contribution in [1.29, 1.82) is 0 Å². The van der Waals surface area contributed by atoms with E-state index in [1.165, 1.54) is 20.5 Å². The second-order valence-corrected chi connectivity index (χ2v) is 9.33. The van der Waals surface area contributed by atoms with Gasteiger partial charge in [-0.2, -0.15) is 0 Å². The maximum atomic E-state index is 3.69. The molecule has 0 saturated heterocycles. The summed E-state index contributed by atoms with van der Waals surface area (Å²) >= 11 is 12.6. The number of hydrogen-bond acceptors (Lipinski definition) is 2. The van der Waals surface area contributed by atoms with Gasteiger partial charge in [-0.1, -0.05) is 28.9 Å². The second-order valence-electron chi connectivity index (χ2n) is 4.67. The van der Waals surface area contributed by atoms with Gasteiger partial charge in [0.1, 0.15) is 0 Å². The van der Waals surface area contributed by atoms with Crippen molar-refractivity contribution in [3.63, 3.8) is 0 Å². The van der Waals surface area contributed by atoms with Crippen LogP contribution in [0.5, 0.6) is 0 Å². The van der Waals surface area contributed by atoms with E-state index in [1.54, 1.807) is 11.3 Å². The Morgan fingerprint density at radius 2 is 1.90 bits per heavy atom. The summed E-state index contributed by atoms with van der Waals surface area (Å²) in [5.41, 5.74) is 3.91. The third-order valence-corrected chi connectivity index (χ3v) is 6.02. The molecule has 1 atom stereocenters. The molecule has 1 aromatic heterocycles. The number of nitrogens with one attached hydrogen (secondary N) is 1. The molecule has 1 aromatic carbocycles. The van der Waals surface area contributed by atoms with E-state index < -0.39 is 0 Å². The van der Waals surface area contributed by atoms with E-state index in [0.29, 0.717) is 0 Å². The summed E-state index contributed by atoms with van der Waals surface area (Å²) in [6.07, 6.45) is 1.12. The van der Waals surface area contributed by atoms with Gasteiger partial charge in [-0.15, -0.1) is 11.3 Å². The van der Waals surface area contributed by atoms with Gasteiger partial charge in [0.25, 0.3) is 0 Å². The average molecular weight is 482 g/mol. The maximum Gasteiger partial charge on any atom is 0.0761 e. The Kier molecular flexibility index (Phi) is 6.29. The number of benzene rings is 1. The smallest absolute Gasteiger partial charge is 0.0761 e. The fourth-order valence-corrected chi connectivity index (χ4v) is 5.43. The Balaban J connectivity index is 2.46. The van der Waals surface area contributed by atoms with E-state index in [2.05, 4.69) is 91.2 Å². The molecule has 0 bridgehead atoms. The van der Waals surface area contributed by atoms with E-state index in [9.17, 15) is 0 Å². The van der Waals surface area contributed by atoms with Gasteiger partial charge in [-0.3, -0.25) is 0 Å². The number of halogens is 3. The normalized spacial score (nSPS) is 12.7. The highest BCUT2D eigenvalue weighted by molar-refractivity contribution is 9.12. The van der Waals surface area contributed by atoms with E-state index in [0.717, 1.165) is 21.2 Å². The Morgan fingerprint density at radius 3 is 2.50 bits per heavy atom. The van der Waals surface area contributed by atoms with Crippen molar-refractivity contribution in [2.24, 2.45) is 0 Å². The minimum atomic E-state index is 0.212. The summed E-state index contributed by atoms with van der Waals surface area (Å²) in [6.45, 7) is 5.35. The SMILES string of the molecule is CCCNC(c1cc(Br)ccc1C)c1cc(Br)sc1Br. The minimum absolute atomic E-state index is 0.212. The van der Waals surface area contributed by atoms with Crippen LogP contribution >= 0.6 is 59.1 Å². The van der Waals surface area contributed by atoms with Gasteiger partial charge in [-0.25, -0.2) is 0 Å². The van der Waals surface area contributed by atoms with Crippen molar-refractivity contribution in [3.8, 4) is 0 Å². The quantitative estimate of drug-likeness (QED) is 0.518. The third-order valence-electron chi connectivity index (χ3n) is 3.14. The molecule has 1 heterocycles. The van der Waals surface area contributed by atoms with Crippen molar-refractivity contribution in [2.75, 3.05) is 6.54 Å². The zero-order valence-electron chi connectivity index (χ0n) is 11.3. The van der Waals surface area contributed by atoms with Crippen LogP contribution in [-0.4, -0.2) is 6.54 Å². The highest BCUT2D eigenvalue weighted by Crippen LogP contribution is 2.39. The Morgan fingerprint density at radius 1 is 1.15 bits per heavy atom. The summed E-state index contributed by atoms with van der Waals surface area (Å²) in [4.78, 5) is 0. The highest BCUT2D eigenvalue weighted by atomic mass is 79.9. The first-order chi connectivity index (χ1) is 9.52. The van der Waals surface area contributed by atoms with Crippen LogP contribution < -0.4 is 5.32 Å². The van der Waals surface area contributed by atoms with Crippen molar-refractivity contribution in [3.05, 3.63) is 53.0 Å². The standard InChI is InChI=1S/C15H16Br3NS/c1-3-6-19-14(12-8-13(17)20-15(12)18)11-7-10(16)5-4-9(11)2/h4-5,7-8,14,19H,3,6H2,1-2H3. The van der Waals surface area contributed by atoms with Crippen LogP contribution in [0.25, 0.3) is 0 Å². The Bertz CT molecular complexity index is 595. The average Bonchev–Trinajstić information content (AvgIpc) is 2.73. The zero-order valence-corrected chi connectivity index (χ0v) is 16.9. The van der Waals surface area contributed by atoms with Crippen LogP contribution in [0, 0.1) is 6.92 Å². The third kappa shape index (κ3) is 3.95. The lowest BCUT2D eigenvalue weighted by atomic mass is 9.97. The van der Waals surface area contributed by atoms with E-state index in [1.807, 2.05) is 0 Å². The van der Waals surface area contributed by atoms with Crippen LogP contribution in [-0.2, 0) is 0 Å². The van der Waals surface area contributed by atoms with Crippen LogP contribution in [0.1, 0.15) is 36.1 Å². The largest absolute Gasteiger partial charge is 0.306 e. The number of rotatable bonds is 5. The molecule has 20 heavy (non-hydrogen) atoms. The van der Waals surface area contributed by atoms with Crippen molar-refractivity contribution in [2.45, 2.75) is 26.3 Å². The Labute approximate surface area is 149 Å². The highest BCUT2D eigenvalue weighted by Gasteiger charge is 2.20. The number of hydrogen-bond donors (Lipinski definition) is 1. The fraction of sp³-hybridized carbons (Fsp3) is 0.333. The summed E-state index contributed by atoms with van der Waals surface area (Å²) in [6, 6.07) is 8.87. The lowest BCUT2D eigenvalue weighted by Crippen LogP contribution is -2.23. The summed E-state index contributed by atoms with van der Waals surface area (Å²) < 4.78 is 3.44. The molecule has 5 heteroatoms. The second kappa shape index (κ2) is 7.54. The van der Waals surface area contributed by atoms with Crippen molar-refractivity contribution >= 4 is 59.1 Å². The van der Waals surface area contributed by atoms with Gasteiger partial charge in [-0.05, 0) is 86.6 Å². The molecular weight excluding hydrogens is 466 g/mol. The molecular formula is C15H16Br3NS. The van der Waals surface area contributed by atoms with Crippen LogP contribution in [0.4, 0.5) is 0 Å². The van der Waals surface area contributed by atoms with Gasteiger partial charge in [0.2, 0.25) is 0 Å². The van der Waals surface area contributed by atoms with Gasteiger partial charge in [0, 0.05) is 4.47 Å². The fourth-order valence-electron chi connectivity index (χ4n) is 2.15. The first-order valence-corrected chi connectivity index (χ1v) is 9.66. The van der Waals surface area contributed by atoms with Gasteiger partial charge in [0.15, 0.2) is 0 Å². The number of aryl methyl sites for hydroxylation is 1. The van der Waals surface area contributed by atoms with Gasteiger partial charge < -0.3 is 5.32 Å². The number of thiophene rings is 1. The molecule has 0 amide bonds. The predicted octanol–water partition coefficient (Wildman–Crippen LogP) is 6.43. The molecule has 1 unspecified atom stereocenters. The van der Waals surface area contributed by atoms with E-state index in [-0.39, 0.29) is 6.04 Å². The Hall–Kier alpha value is 0.320. The summed E-state index contributed by atoms with van der Waals surface area (Å²) in [7, 11) is 0. The topological polar surface area (TPSA) is 12.0 Å². The summed E-state index contributed by atoms with van der Waals surface area (Å²) in [5.74, 6) is 0. The lowest BCUT2D eigenvalue weighted by Gasteiger charge is -2.21. The molecule has 1 N–H and O–H groups in total. The molecule has 1 nitrogen and oxygen atoms in total. The molecule has 0 saturated carbocycles. The zero-order chi connectivity index (χ0) is 14.7. The van der Waals surface area contributed by atoms with E-state index in [4.69, 9.17) is 0 Å². The van der Waals surface area contributed by atoms with Gasteiger partial charge >= 0.3 is 0 Å². The summed E-state index contributed by atoms with van der Waals surface area (Å²) in [5, 5.41) is 3.66. The lowest BCUT2D eigenvalue weighted by molar-refractivity contribution is 0.596. The molecule has 108 valence electrons. The van der Waals surface area contributed by atoms with Crippen LogP contribution in [0.2, 0.25) is 0 Å². The van der Waals surface area contributed by atoms with E-state index >= 15 is 0 Å². The maximum absolute atomic E-state index is 3.69. The van der Waals surface area contributed by atoms with Crippen LogP contribution in [0.15, 0.2) is 36.3 Å². The first-order valence-electron chi connectivity index (χ1n) is 6.47. The predicted molar refractivity (Wildman–Crippen MR) is 98.7 cm³/mol. The van der Waals surface area contributed by atoms with Crippen molar-refractivity contribution in [1.82, 2.24) is 5.32 Å². The molecule has 0 radical (unpaired) electrons. The molecule has 2 rings (SSSR count). The van der Waals surface area contributed by atoms with Gasteiger partial charge in [0.05, 0.1) is 13.6 Å². The molecule has 0 aliphatic rings.